The number of ketones is 1. The fourth-order valence-corrected chi connectivity index (χ4v) is 9.33. The summed E-state index contributed by atoms with van der Waals surface area (Å²) in [4.78, 5) is 16.8. The Morgan fingerprint density at radius 2 is 0.675 bits per heavy atom. The van der Waals surface area contributed by atoms with E-state index in [1.54, 1.807) is 12.4 Å². The van der Waals surface area contributed by atoms with Crippen LogP contribution in [0.5, 0.6) is 0 Å². The van der Waals surface area contributed by atoms with Crippen molar-refractivity contribution < 1.29 is 115 Å². The van der Waals surface area contributed by atoms with Crippen molar-refractivity contribution in [3.8, 4) is 0 Å². The van der Waals surface area contributed by atoms with Crippen molar-refractivity contribution in [3.05, 3.63) is 177 Å². The number of halogens is 24. The maximum atomic E-state index is 14.2. The lowest BCUT2D eigenvalue weighted by atomic mass is 9.12. The molecule has 1 heterocycles. The Kier molecular flexibility index (Phi) is 20.7. The molecule has 0 amide bonds. The van der Waals surface area contributed by atoms with Gasteiger partial charge in [0.05, 0.1) is 50.7 Å². The highest BCUT2D eigenvalue weighted by Gasteiger charge is 2.47. The third-order valence-electron chi connectivity index (χ3n) is 13.3. The Bertz CT molecular complexity index is 2710. The maximum absolute atomic E-state index is 14.2. The van der Waals surface area contributed by atoms with E-state index in [0.717, 1.165) is 18.5 Å². The van der Waals surface area contributed by atoms with Crippen LogP contribution in [0.3, 0.4) is 0 Å². The average Bonchev–Trinajstić information content (AvgIpc) is 2.29. The van der Waals surface area contributed by atoms with Gasteiger partial charge in [-0.05, 0) is 30.7 Å². The van der Waals surface area contributed by atoms with E-state index < -0.39 is 195 Å². The topological polar surface area (TPSA) is 33.8 Å². The van der Waals surface area contributed by atoms with E-state index in [9.17, 15) is 110 Å². The minimum atomic E-state index is -6.13. The van der Waals surface area contributed by atoms with E-state index in [1.807, 2.05) is 29.0 Å². The summed E-state index contributed by atoms with van der Waals surface area (Å²) in [7, 11) is 0. The van der Waals surface area contributed by atoms with Crippen LogP contribution in [-0.2, 0) is 56.0 Å². The van der Waals surface area contributed by atoms with Crippen molar-refractivity contribution in [1.29, 1.82) is 0 Å². The van der Waals surface area contributed by atoms with E-state index in [-0.39, 0.29) is 5.78 Å². The maximum Gasteiger partial charge on any atom is 0.416 e. The number of carbonyl (C=O) groups excluding carboxylic acids is 1. The average molecular weight is 1220 g/mol. The summed E-state index contributed by atoms with van der Waals surface area (Å²) in [6, 6.07) is 1.43. The van der Waals surface area contributed by atoms with Gasteiger partial charge in [0.2, 0.25) is 5.78 Å². The second-order valence-corrected chi connectivity index (χ2v) is 19.3. The molecule has 3 nitrogen and oxygen atoms in total. The lowest BCUT2D eigenvalue weighted by Crippen LogP contribution is -2.75. The molecule has 452 valence electrons. The molecule has 1 aromatic heterocycles. The first-order valence-corrected chi connectivity index (χ1v) is 24.8. The van der Waals surface area contributed by atoms with Gasteiger partial charge in [-0.1, -0.05) is 137 Å². The van der Waals surface area contributed by atoms with Crippen molar-refractivity contribution in [2.24, 2.45) is 0 Å². The zero-order chi connectivity index (χ0) is 62.4. The van der Waals surface area contributed by atoms with Crippen LogP contribution in [0.1, 0.15) is 132 Å². The quantitative estimate of drug-likeness (QED) is 0.0300. The molecule has 0 saturated heterocycles. The number of hydrogen-bond donors (Lipinski definition) is 0. The molecule has 0 spiro atoms. The number of alkyl halides is 24. The Labute approximate surface area is 457 Å². The number of unbranched alkanes of at least 4 members (excludes halogenated alkanes) is 8. The molecule has 0 saturated carbocycles. The largest absolute Gasteiger partial charge is 0.416 e. The molecule has 83 heavy (non-hydrogen) atoms. The molecule has 0 fully saturated rings. The molecule has 0 radical (unpaired) electrons. The number of Topliss-reactive ketones (excluding diaryl/α,β-unsaturated/α-hetero) is 1. The molecular formula is C55H45BF24N2O. The van der Waals surface area contributed by atoms with Gasteiger partial charge in [-0.15, -0.1) is 0 Å². The van der Waals surface area contributed by atoms with Crippen molar-refractivity contribution in [1.82, 2.24) is 4.98 Å². The molecule has 0 aliphatic carbocycles. The zero-order valence-corrected chi connectivity index (χ0v) is 42.8. The van der Waals surface area contributed by atoms with Gasteiger partial charge < -0.3 is 0 Å². The summed E-state index contributed by atoms with van der Waals surface area (Å²) < 4.78 is 343. The molecule has 0 N–H and O–H groups in total. The minimum absolute atomic E-state index is 0.206. The van der Waals surface area contributed by atoms with Crippen LogP contribution in [0.25, 0.3) is 0 Å². The van der Waals surface area contributed by atoms with Gasteiger partial charge >= 0.3 is 49.4 Å². The van der Waals surface area contributed by atoms with E-state index in [2.05, 4.69) is 24.0 Å². The molecule has 0 aliphatic heterocycles. The Morgan fingerprint density at radius 3 is 0.952 bits per heavy atom. The molecule has 6 rings (SSSR count). The Hall–Kier alpha value is -6.77. The highest BCUT2D eigenvalue weighted by Crippen LogP contribution is 2.41. The summed E-state index contributed by atoms with van der Waals surface area (Å²) in [6.45, 7) is 2.96. The highest BCUT2D eigenvalue weighted by molar-refractivity contribution is 7.20. The number of nitrogens with zero attached hydrogens (tertiary/aromatic N) is 2. The fraction of sp³-hybridized carbons (Fsp3) is 0.364. The van der Waals surface area contributed by atoms with E-state index in [4.69, 9.17) is 0 Å². The molecule has 0 aliphatic rings. The van der Waals surface area contributed by atoms with Crippen LogP contribution in [0, 0.1) is 0 Å². The van der Waals surface area contributed by atoms with E-state index in [1.165, 1.54) is 50.5 Å². The monoisotopic (exact) mass is 1220 g/mol. The predicted molar refractivity (Wildman–Crippen MR) is 256 cm³/mol. The number of carbonyl (C=O) groups is 1. The number of benzene rings is 5. The van der Waals surface area contributed by atoms with Crippen molar-refractivity contribution >= 4 is 33.8 Å². The summed E-state index contributed by atoms with van der Waals surface area (Å²) in [5, 5.41) is 0. The molecule has 0 unspecified atom stereocenters. The molecule has 5 aromatic carbocycles. The Balaban J connectivity index is 0.000000403. The summed E-state index contributed by atoms with van der Waals surface area (Å²) >= 11 is 0. The third-order valence-corrected chi connectivity index (χ3v) is 13.3. The summed E-state index contributed by atoms with van der Waals surface area (Å²) in [6.07, 6.45) is -37.4. The number of hydrogen-bond acceptors (Lipinski definition) is 2. The standard InChI is InChI=1S/C32H12BF24.C23H33N2O/c34-25(35,36)13-1-14(26(37,38)39)6-21(5-13)33(22-7-15(27(40,41)42)2-16(8-22)28(43,44)45,23-9-17(29(46,47)48)3-18(10-23)30(49,50)51)24-11-19(31(52,53)54)4-20(12-24)32(55,56)57;1-2-3-4-5-6-7-8-9-13-16-23(26)22-19-24-17-18-25(22)20-21-14-11-10-12-15-21/h1-12H;10-12,14-15,17-19H,2-9,13,16,20H2,1H3/q-1;+1. The van der Waals surface area contributed by atoms with Crippen LogP contribution in [-0.4, -0.2) is 16.9 Å². The summed E-state index contributed by atoms with van der Waals surface area (Å²) in [5.74, 6) is 0.206. The lowest BCUT2D eigenvalue weighted by molar-refractivity contribution is -0.690. The van der Waals surface area contributed by atoms with Crippen molar-refractivity contribution in [3.63, 3.8) is 0 Å². The highest BCUT2D eigenvalue weighted by atomic mass is 19.4. The van der Waals surface area contributed by atoms with Crippen molar-refractivity contribution in [2.75, 3.05) is 0 Å². The lowest BCUT2D eigenvalue weighted by Gasteiger charge is -2.46. The summed E-state index contributed by atoms with van der Waals surface area (Å²) in [5.41, 5.74) is -28.3. The third kappa shape index (κ3) is 17.6. The van der Waals surface area contributed by atoms with E-state index >= 15 is 0 Å². The molecule has 0 bridgehead atoms. The van der Waals surface area contributed by atoms with Gasteiger partial charge in [0.1, 0.15) is 12.3 Å². The van der Waals surface area contributed by atoms with Crippen molar-refractivity contribution in [2.45, 2.75) is 127 Å². The Morgan fingerprint density at radius 1 is 0.398 bits per heavy atom. The van der Waals surface area contributed by atoms with Gasteiger partial charge in [0.25, 0.3) is 5.69 Å². The second-order valence-electron chi connectivity index (χ2n) is 19.3. The first kappa shape index (κ1) is 67.0. The van der Waals surface area contributed by atoms with Crippen LogP contribution in [0.2, 0.25) is 0 Å². The normalized spacial score (nSPS) is 13.2. The van der Waals surface area contributed by atoms with Crippen LogP contribution in [0.4, 0.5) is 105 Å². The molecule has 6 aromatic rings. The number of rotatable bonds is 17. The second kappa shape index (κ2) is 25.6. The van der Waals surface area contributed by atoms with Crippen LogP contribution in [0.15, 0.2) is 122 Å². The van der Waals surface area contributed by atoms with Crippen LogP contribution >= 0.6 is 0 Å². The van der Waals surface area contributed by atoms with Crippen LogP contribution < -0.4 is 26.4 Å². The van der Waals surface area contributed by atoms with Gasteiger partial charge in [0, 0.05) is 12.0 Å². The molecular weight excluding hydrogens is 1170 g/mol. The molecule has 28 heteroatoms. The first-order chi connectivity index (χ1) is 38.1. The van der Waals surface area contributed by atoms with Gasteiger partial charge in [0.15, 0.2) is 12.7 Å². The van der Waals surface area contributed by atoms with Gasteiger partial charge in [-0.3, -0.25) is 9.78 Å². The fourth-order valence-electron chi connectivity index (χ4n) is 9.33. The molecule has 0 atom stereocenters. The first-order valence-electron chi connectivity index (χ1n) is 24.8. The van der Waals surface area contributed by atoms with E-state index in [0.29, 0.717) is 13.0 Å². The number of aromatic nitrogens is 2. The van der Waals surface area contributed by atoms with Gasteiger partial charge in [-0.25, -0.2) is 0 Å². The predicted octanol–water partition coefficient (Wildman–Crippen LogP) is 16.7. The minimum Gasteiger partial charge on any atom is -0.287 e. The van der Waals surface area contributed by atoms with Gasteiger partial charge in [-0.2, -0.15) is 132 Å². The smallest absolute Gasteiger partial charge is 0.287 e. The zero-order valence-electron chi connectivity index (χ0n) is 42.8. The SMILES string of the molecule is CCCCCCCCCCCC(=O)c1cncc[n+]1Cc1ccccc1.FC(F)(F)c1cc([B-](c2cc(C(F)(F)F)cc(C(F)(F)F)c2)(c2cc(C(F)(F)F)cc(C(F)(F)F)c2)c2cc(C(F)(F)F)cc(C(F)(F)F)c2)cc(C(F)(F)F)c1.